The molecule has 0 aliphatic rings. The molecule has 140 valence electrons. The van der Waals surface area contributed by atoms with Crippen LogP contribution in [0.1, 0.15) is 11.1 Å². The first kappa shape index (κ1) is 19.4. The Morgan fingerprint density at radius 1 is 0.857 bits per heavy atom. The SMILES string of the molecule is Cc1ccccc1Cn1nc(-c2cccc(Br)c2)c(Cl)c1-c1cccc(Br)c1. The Hall–Kier alpha value is -1.88. The van der Waals surface area contributed by atoms with Crippen LogP contribution < -0.4 is 0 Å². The van der Waals surface area contributed by atoms with E-state index in [9.17, 15) is 0 Å². The van der Waals surface area contributed by atoms with Gasteiger partial charge >= 0.3 is 0 Å². The number of halogens is 3. The van der Waals surface area contributed by atoms with Crippen LogP contribution in [0, 0.1) is 6.92 Å². The Labute approximate surface area is 186 Å². The minimum atomic E-state index is 0.655. The predicted molar refractivity (Wildman–Crippen MR) is 124 cm³/mol. The van der Waals surface area contributed by atoms with Gasteiger partial charge in [0.25, 0.3) is 0 Å². The van der Waals surface area contributed by atoms with Gasteiger partial charge in [-0.2, -0.15) is 5.10 Å². The van der Waals surface area contributed by atoms with Gasteiger partial charge in [-0.25, -0.2) is 0 Å². The minimum Gasteiger partial charge on any atom is -0.258 e. The summed E-state index contributed by atoms with van der Waals surface area (Å²) < 4.78 is 4.01. The molecular weight excluding hydrogens is 500 g/mol. The number of aryl methyl sites for hydroxylation is 1. The topological polar surface area (TPSA) is 17.8 Å². The van der Waals surface area contributed by atoms with Crippen molar-refractivity contribution in [3.8, 4) is 22.5 Å². The monoisotopic (exact) mass is 514 g/mol. The van der Waals surface area contributed by atoms with Gasteiger partial charge in [0.2, 0.25) is 0 Å². The molecule has 0 saturated carbocycles. The molecule has 2 nitrogen and oxygen atoms in total. The molecule has 1 aromatic heterocycles. The van der Waals surface area contributed by atoms with E-state index in [4.69, 9.17) is 16.7 Å². The number of hydrogen-bond donors (Lipinski definition) is 0. The largest absolute Gasteiger partial charge is 0.258 e. The quantitative estimate of drug-likeness (QED) is 0.271. The Morgan fingerprint density at radius 3 is 2.18 bits per heavy atom. The van der Waals surface area contributed by atoms with Gasteiger partial charge in [-0.3, -0.25) is 4.68 Å². The molecular formula is C23H17Br2ClN2. The third kappa shape index (κ3) is 3.95. The van der Waals surface area contributed by atoms with Crippen molar-refractivity contribution >= 4 is 43.5 Å². The summed E-state index contributed by atoms with van der Waals surface area (Å²) in [6, 6.07) is 24.6. The lowest BCUT2D eigenvalue weighted by atomic mass is 10.1. The van der Waals surface area contributed by atoms with Crippen LogP contribution in [0.3, 0.4) is 0 Å². The lowest BCUT2D eigenvalue weighted by molar-refractivity contribution is 0.694. The summed E-state index contributed by atoms with van der Waals surface area (Å²) >= 11 is 14.0. The fourth-order valence-corrected chi connectivity index (χ4v) is 4.39. The molecule has 4 aromatic rings. The Bertz CT molecular complexity index is 1150. The van der Waals surface area contributed by atoms with Crippen molar-refractivity contribution in [1.29, 1.82) is 0 Å². The average molecular weight is 517 g/mol. The highest BCUT2D eigenvalue weighted by Crippen LogP contribution is 2.38. The van der Waals surface area contributed by atoms with Gasteiger partial charge in [-0.05, 0) is 42.3 Å². The van der Waals surface area contributed by atoms with Crippen LogP contribution in [0.15, 0.2) is 81.7 Å². The van der Waals surface area contributed by atoms with E-state index in [0.29, 0.717) is 11.6 Å². The van der Waals surface area contributed by atoms with Crippen molar-refractivity contribution in [1.82, 2.24) is 9.78 Å². The van der Waals surface area contributed by atoms with Gasteiger partial charge in [0.05, 0.1) is 17.3 Å². The number of hydrogen-bond acceptors (Lipinski definition) is 1. The molecule has 0 bridgehead atoms. The second-order valence-corrected chi connectivity index (χ2v) is 8.83. The molecule has 0 radical (unpaired) electrons. The normalized spacial score (nSPS) is 11.0. The first-order chi connectivity index (χ1) is 13.5. The van der Waals surface area contributed by atoms with Crippen molar-refractivity contribution in [2.24, 2.45) is 0 Å². The van der Waals surface area contributed by atoms with E-state index in [1.165, 1.54) is 11.1 Å². The van der Waals surface area contributed by atoms with Gasteiger partial charge < -0.3 is 0 Å². The maximum atomic E-state index is 6.90. The highest BCUT2D eigenvalue weighted by Gasteiger charge is 2.20. The van der Waals surface area contributed by atoms with E-state index in [1.807, 2.05) is 41.1 Å². The Balaban J connectivity index is 1.90. The van der Waals surface area contributed by atoms with E-state index in [1.54, 1.807) is 0 Å². The fourth-order valence-electron chi connectivity index (χ4n) is 3.24. The summed E-state index contributed by atoms with van der Waals surface area (Å²) in [5, 5.41) is 5.57. The van der Waals surface area contributed by atoms with Crippen LogP contribution in [0.25, 0.3) is 22.5 Å². The molecule has 0 unspecified atom stereocenters. The van der Waals surface area contributed by atoms with E-state index in [0.717, 1.165) is 31.5 Å². The highest BCUT2D eigenvalue weighted by molar-refractivity contribution is 9.10. The molecule has 0 aliphatic heterocycles. The summed E-state index contributed by atoms with van der Waals surface area (Å²) in [4.78, 5) is 0. The third-order valence-corrected chi connectivity index (χ3v) is 6.02. The van der Waals surface area contributed by atoms with Gasteiger partial charge in [-0.1, -0.05) is 92.0 Å². The second kappa shape index (κ2) is 8.24. The first-order valence-corrected chi connectivity index (χ1v) is 10.8. The molecule has 0 amide bonds. The molecule has 28 heavy (non-hydrogen) atoms. The molecule has 4 rings (SSSR count). The second-order valence-electron chi connectivity index (χ2n) is 6.62. The van der Waals surface area contributed by atoms with Gasteiger partial charge in [0.1, 0.15) is 5.69 Å². The highest BCUT2D eigenvalue weighted by atomic mass is 79.9. The molecule has 5 heteroatoms. The molecule has 0 fully saturated rings. The van der Waals surface area contributed by atoms with E-state index in [2.05, 4.69) is 75.2 Å². The molecule has 3 aromatic carbocycles. The number of nitrogens with zero attached hydrogens (tertiary/aromatic N) is 2. The van der Waals surface area contributed by atoms with Crippen LogP contribution in [-0.4, -0.2) is 9.78 Å². The van der Waals surface area contributed by atoms with E-state index < -0.39 is 0 Å². The molecule has 0 saturated heterocycles. The van der Waals surface area contributed by atoms with Crippen molar-refractivity contribution in [3.63, 3.8) is 0 Å². The van der Waals surface area contributed by atoms with Crippen molar-refractivity contribution in [3.05, 3.63) is 97.9 Å². The van der Waals surface area contributed by atoms with Crippen LogP contribution in [0.5, 0.6) is 0 Å². The van der Waals surface area contributed by atoms with Gasteiger partial charge in [0, 0.05) is 20.1 Å². The van der Waals surface area contributed by atoms with Crippen LogP contribution in [0.2, 0.25) is 5.02 Å². The zero-order valence-electron chi connectivity index (χ0n) is 15.2. The molecule has 0 atom stereocenters. The lowest BCUT2D eigenvalue weighted by Crippen LogP contribution is -2.05. The molecule has 0 N–H and O–H groups in total. The van der Waals surface area contributed by atoms with E-state index in [-0.39, 0.29) is 0 Å². The Morgan fingerprint density at radius 2 is 1.50 bits per heavy atom. The summed E-state index contributed by atoms with van der Waals surface area (Å²) in [5.74, 6) is 0. The fraction of sp³-hybridized carbons (Fsp3) is 0.0870. The molecule has 1 heterocycles. The summed E-state index contributed by atoms with van der Waals surface area (Å²) in [7, 11) is 0. The summed E-state index contributed by atoms with van der Waals surface area (Å²) in [5.41, 5.74) is 6.17. The van der Waals surface area contributed by atoms with Crippen LogP contribution in [-0.2, 0) is 6.54 Å². The number of rotatable bonds is 4. The van der Waals surface area contributed by atoms with Crippen molar-refractivity contribution in [2.45, 2.75) is 13.5 Å². The first-order valence-electron chi connectivity index (χ1n) is 8.85. The van der Waals surface area contributed by atoms with Crippen LogP contribution in [0.4, 0.5) is 0 Å². The minimum absolute atomic E-state index is 0.655. The zero-order chi connectivity index (χ0) is 19.7. The molecule has 0 spiro atoms. The average Bonchev–Trinajstić information content (AvgIpc) is 3.00. The van der Waals surface area contributed by atoms with Crippen molar-refractivity contribution in [2.75, 3.05) is 0 Å². The summed E-state index contributed by atoms with van der Waals surface area (Å²) in [6.45, 7) is 2.77. The maximum Gasteiger partial charge on any atom is 0.112 e. The van der Waals surface area contributed by atoms with Crippen LogP contribution >= 0.6 is 43.5 Å². The molecule has 0 aliphatic carbocycles. The number of benzene rings is 3. The smallest absolute Gasteiger partial charge is 0.112 e. The van der Waals surface area contributed by atoms with Crippen molar-refractivity contribution < 1.29 is 0 Å². The summed E-state index contributed by atoms with van der Waals surface area (Å²) in [6.07, 6.45) is 0. The van der Waals surface area contributed by atoms with Gasteiger partial charge in [-0.15, -0.1) is 0 Å². The number of aromatic nitrogens is 2. The van der Waals surface area contributed by atoms with E-state index >= 15 is 0 Å². The lowest BCUT2D eigenvalue weighted by Gasteiger charge is -2.10. The third-order valence-electron chi connectivity index (χ3n) is 4.67. The maximum absolute atomic E-state index is 6.90. The standard InChI is InChI=1S/C23H17Br2ClN2/c1-15-6-2-3-7-18(15)14-28-23(17-9-5-11-20(25)13-17)21(26)22(27-28)16-8-4-10-19(24)12-16/h2-13H,14H2,1H3. The predicted octanol–water partition coefficient (Wildman–Crippen LogP) is 7.75. The Kier molecular flexibility index (Phi) is 5.72. The van der Waals surface area contributed by atoms with Gasteiger partial charge in [0.15, 0.2) is 0 Å². The zero-order valence-corrected chi connectivity index (χ0v) is 19.1.